The third-order valence-corrected chi connectivity index (χ3v) is 5.79. The molecule has 1 aliphatic rings. The lowest BCUT2D eigenvalue weighted by Crippen LogP contribution is -2.47. The molecular weight excluding hydrogens is 448 g/mol. The minimum Gasteiger partial charge on any atom is -0.423 e. The lowest BCUT2D eigenvalue weighted by atomic mass is 10.1. The first-order valence-corrected chi connectivity index (χ1v) is 10.5. The summed E-state index contributed by atoms with van der Waals surface area (Å²) in [5, 5.41) is 13.2. The third kappa shape index (κ3) is 3.73. The number of benzene rings is 2. The molecule has 2 aromatic heterocycles. The van der Waals surface area contributed by atoms with Gasteiger partial charge in [-0.2, -0.15) is 4.68 Å². The lowest BCUT2D eigenvalue weighted by Gasteiger charge is -2.34. The van der Waals surface area contributed by atoms with Gasteiger partial charge in [-0.15, -0.1) is 0 Å². The molecule has 4 aromatic rings. The smallest absolute Gasteiger partial charge is 0.336 e. The van der Waals surface area contributed by atoms with Crippen molar-refractivity contribution in [3.05, 3.63) is 75.1 Å². The van der Waals surface area contributed by atoms with Gasteiger partial charge < -0.3 is 9.32 Å². The number of hydrogen-bond acceptors (Lipinski definition) is 7. The van der Waals surface area contributed by atoms with E-state index in [1.807, 2.05) is 48.5 Å². The predicted molar refractivity (Wildman–Crippen MR) is 117 cm³/mol. The molecule has 0 bridgehead atoms. The number of anilines is 1. The summed E-state index contributed by atoms with van der Waals surface area (Å²) in [5.41, 5.74) is 2.20. The van der Waals surface area contributed by atoms with E-state index in [-0.39, 0.29) is 5.63 Å². The Kier molecular flexibility index (Phi) is 5.06. The molecule has 1 saturated heterocycles. The Hall–Kier alpha value is -3.04. The maximum Gasteiger partial charge on any atom is 0.336 e. The zero-order valence-corrected chi connectivity index (χ0v) is 17.7. The number of fused-ring (bicyclic) bond motifs is 1. The van der Waals surface area contributed by atoms with Crippen LogP contribution < -0.4 is 10.5 Å². The van der Waals surface area contributed by atoms with Gasteiger partial charge in [-0.05, 0) is 46.3 Å². The number of para-hydroxylation sites is 1. The summed E-state index contributed by atoms with van der Waals surface area (Å²) in [7, 11) is 0. The molecule has 0 atom stereocenters. The number of hydrogen-bond donors (Lipinski definition) is 0. The van der Waals surface area contributed by atoms with Crippen LogP contribution in [0, 0.1) is 0 Å². The van der Waals surface area contributed by atoms with Gasteiger partial charge in [-0.3, -0.25) is 4.90 Å². The number of tetrazole rings is 1. The Balaban J connectivity index is 1.32. The molecule has 0 amide bonds. The van der Waals surface area contributed by atoms with Crippen LogP contribution in [0.3, 0.4) is 0 Å². The topological polar surface area (TPSA) is 80.3 Å². The van der Waals surface area contributed by atoms with E-state index in [4.69, 9.17) is 4.42 Å². The van der Waals surface area contributed by atoms with E-state index in [2.05, 4.69) is 41.3 Å². The van der Waals surface area contributed by atoms with Crippen LogP contribution in [0.2, 0.25) is 0 Å². The standard InChI is InChI=1S/C21H19BrN6O2/c22-16-6-7-18-15(12-20(29)30-19(18)13-16)14-26-8-10-27(11-9-26)21-23-24-25-28(21)17-4-2-1-3-5-17/h1-7,12-13H,8-11,14H2. The van der Waals surface area contributed by atoms with Crippen LogP contribution in [0.1, 0.15) is 5.56 Å². The van der Waals surface area contributed by atoms with Crippen molar-refractivity contribution in [2.24, 2.45) is 0 Å². The average Bonchev–Trinajstić information content (AvgIpc) is 3.24. The minimum atomic E-state index is -0.323. The summed E-state index contributed by atoms with van der Waals surface area (Å²) in [6.07, 6.45) is 0. The molecule has 1 fully saturated rings. The Labute approximate surface area is 180 Å². The highest BCUT2D eigenvalue weighted by Crippen LogP contribution is 2.23. The van der Waals surface area contributed by atoms with Gasteiger partial charge in [0, 0.05) is 48.6 Å². The summed E-state index contributed by atoms with van der Waals surface area (Å²) in [6.45, 7) is 4.00. The predicted octanol–water partition coefficient (Wildman–Crippen LogP) is 2.85. The van der Waals surface area contributed by atoms with E-state index in [0.717, 1.165) is 53.2 Å². The molecule has 9 heteroatoms. The molecular formula is C21H19BrN6O2. The highest BCUT2D eigenvalue weighted by Gasteiger charge is 2.23. The van der Waals surface area contributed by atoms with Crippen molar-refractivity contribution >= 4 is 32.8 Å². The summed E-state index contributed by atoms with van der Waals surface area (Å²) in [5.74, 6) is 0.747. The van der Waals surface area contributed by atoms with Crippen LogP contribution in [0.5, 0.6) is 0 Å². The van der Waals surface area contributed by atoms with Crippen molar-refractivity contribution < 1.29 is 4.42 Å². The number of nitrogens with zero attached hydrogens (tertiary/aromatic N) is 6. The number of piperazine rings is 1. The molecule has 1 aliphatic heterocycles. The number of halogens is 1. The Morgan fingerprint density at radius 2 is 1.80 bits per heavy atom. The second-order valence-corrected chi connectivity index (χ2v) is 8.14. The van der Waals surface area contributed by atoms with Crippen LogP contribution in [-0.4, -0.2) is 51.3 Å². The van der Waals surface area contributed by atoms with Gasteiger partial charge in [-0.25, -0.2) is 4.79 Å². The largest absolute Gasteiger partial charge is 0.423 e. The lowest BCUT2D eigenvalue weighted by molar-refractivity contribution is 0.248. The van der Waals surface area contributed by atoms with Gasteiger partial charge >= 0.3 is 5.63 Å². The fraction of sp³-hybridized carbons (Fsp3) is 0.238. The monoisotopic (exact) mass is 466 g/mol. The van der Waals surface area contributed by atoms with E-state index in [0.29, 0.717) is 12.1 Å². The normalized spacial score (nSPS) is 15.0. The first-order valence-electron chi connectivity index (χ1n) is 9.71. The van der Waals surface area contributed by atoms with Crippen molar-refractivity contribution in [1.82, 2.24) is 25.1 Å². The Morgan fingerprint density at radius 1 is 1.00 bits per heavy atom. The summed E-state index contributed by atoms with van der Waals surface area (Å²) in [4.78, 5) is 16.5. The van der Waals surface area contributed by atoms with Crippen LogP contribution in [0.4, 0.5) is 5.95 Å². The molecule has 2 aromatic carbocycles. The van der Waals surface area contributed by atoms with Crippen LogP contribution in [-0.2, 0) is 6.54 Å². The molecule has 5 rings (SSSR count). The Morgan fingerprint density at radius 3 is 2.60 bits per heavy atom. The highest BCUT2D eigenvalue weighted by molar-refractivity contribution is 9.10. The summed E-state index contributed by atoms with van der Waals surface area (Å²) < 4.78 is 8.01. The van der Waals surface area contributed by atoms with Crippen molar-refractivity contribution in [3.8, 4) is 5.69 Å². The zero-order valence-electron chi connectivity index (χ0n) is 16.1. The fourth-order valence-electron chi connectivity index (χ4n) is 3.80. The molecule has 0 spiro atoms. The molecule has 0 unspecified atom stereocenters. The molecule has 152 valence electrons. The number of rotatable bonds is 4. The van der Waals surface area contributed by atoms with E-state index in [1.165, 1.54) is 0 Å². The van der Waals surface area contributed by atoms with Crippen molar-refractivity contribution in [3.63, 3.8) is 0 Å². The molecule has 0 saturated carbocycles. The first-order chi connectivity index (χ1) is 14.7. The second kappa shape index (κ2) is 8.00. The molecule has 3 heterocycles. The van der Waals surface area contributed by atoms with Crippen molar-refractivity contribution in [1.29, 1.82) is 0 Å². The maximum absolute atomic E-state index is 12.0. The van der Waals surface area contributed by atoms with Gasteiger partial charge in [0.1, 0.15) is 5.58 Å². The van der Waals surface area contributed by atoms with Crippen molar-refractivity contribution in [2.45, 2.75) is 6.54 Å². The minimum absolute atomic E-state index is 0.323. The molecule has 8 nitrogen and oxygen atoms in total. The highest BCUT2D eigenvalue weighted by atomic mass is 79.9. The van der Waals surface area contributed by atoms with Crippen molar-refractivity contribution in [2.75, 3.05) is 31.1 Å². The number of aromatic nitrogens is 4. The van der Waals surface area contributed by atoms with E-state index >= 15 is 0 Å². The van der Waals surface area contributed by atoms with E-state index < -0.39 is 0 Å². The first kappa shape index (κ1) is 19.0. The average molecular weight is 467 g/mol. The molecule has 0 radical (unpaired) electrons. The Bertz CT molecular complexity index is 1230. The van der Waals surface area contributed by atoms with Gasteiger partial charge in [0.05, 0.1) is 5.69 Å². The van der Waals surface area contributed by atoms with E-state index in [9.17, 15) is 4.79 Å². The SMILES string of the molecule is O=c1cc(CN2CCN(c3nnnn3-c3ccccc3)CC2)c2ccc(Br)cc2o1. The molecule has 30 heavy (non-hydrogen) atoms. The van der Waals surface area contributed by atoms with Gasteiger partial charge in [0.25, 0.3) is 0 Å². The van der Waals surface area contributed by atoms with Gasteiger partial charge in [0.15, 0.2) is 0 Å². The molecule has 0 N–H and O–H groups in total. The maximum atomic E-state index is 12.0. The third-order valence-electron chi connectivity index (χ3n) is 5.30. The quantitative estimate of drug-likeness (QED) is 0.427. The van der Waals surface area contributed by atoms with Gasteiger partial charge in [-0.1, -0.05) is 39.2 Å². The fourth-order valence-corrected chi connectivity index (χ4v) is 4.14. The second-order valence-electron chi connectivity index (χ2n) is 7.22. The van der Waals surface area contributed by atoms with Crippen LogP contribution in [0.15, 0.2) is 68.3 Å². The zero-order chi connectivity index (χ0) is 20.5. The van der Waals surface area contributed by atoms with Gasteiger partial charge in [0.2, 0.25) is 5.95 Å². The van der Waals surface area contributed by atoms with Crippen LogP contribution >= 0.6 is 15.9 Å². The summed E-state index contributed by atoms with van der Waals surface area (Å²) in [6, 6.07) is 17.3. The molecule has 0 aliphatic carbocycles. The summed E-state index contributed by atoms with van der Waals surface area (Å²) >= 11 is 3.43. The van der Waals surface area contributed by atoms with E-state index in [1.54, 1.807) is 10.7 Å². The van der Waals surface area contributed by atoms with Crippen LogP contribution in [0.25, 0.3) is 16.7 Å².